The van der Waals surface area contributed by atoms with E-state index < -0.39 is 11.2 Å². The number of hydrogen-bond donors (Lipinski definition) is 1. The Labute approximate surface area is 111 Å². The SMILES string of the molecule is O=c1[nH]c(=O)n(COCc2ccccc2)cc1Br. The highest BCUT2D eigenvalue weighted by atomic mass is 79.9. The van der Waals surface area contributed by atoms with Crippen LogP contribution in [0.2, 0.25) is 0 Å². The van der Waals surface area contributed by atoms with Gasteiger partial charge in [-0.2, -0.15) is 0 Å². The molecule has 2 aromatic rings. The average molecular weight is 311 g/mol. The second kappa shape index (κ2) is 5.79. The Morgan fingerprint density at radius 2 is 1.94 bits per heavy atom. The van der Waals surface area contributed by atoms with Gasteiger partial charge in [0.25, 0.3) is 5.56 Å². The summed E-state index contributed by atoms with van der Waals surface area (Å²) in [5.41, 5.74) is 0.0876. The van der Waals surface area contributed by atoms with Crippen molar-refractivity contribution in [1.82, 2.24) is 9.55 Å². The van der Waals surface area contributed by atoms with Gasteiger partial charge in [0.2, 0.25) is 0 Å². The first kappa shape index (κ1) is 12.8. The fourth-order valence-corrected chi connectivity index (χ4v) is 1.76. The first-order valence-corrected chi connectivity index (χ1v) is 6.07. The lowest BCUT2D eigenvalue weighted by atomic mass is 10.2. The van der Waals surface area contributed by atoms with Crippen molar-refractivity contribution >= 4 is 15.9 Å². The first-order valence-electron chi connectivity index (χ1n) is 5.28. The first-order chi connectivity index (χ1) is 8.66. The fraction of sp³-hybridized carbons (Fsp3) is 0.167. The summed E-state index contributed by atoms with van der Waals surface area (Å²) in [4.78, 5) is 24.8. The van der Waals surface area contributed by atoms with Gasteiger partial charge < -0.3 is 4.74 Å². The normalized spacial score (nSPS) is 10.5. The minimum absolute atomic E-state index is 0.0864. The lowest BCUT2D eigenvalue weighted by Gasteiger charge is -2.06. The third-order valence-corrected chi connectivity index (χ3v) is 2.87. The highest BCUT2D eigenvalue weighted by Gasteiger charge is 2.01. The van der Waals surface area contributed by atoms with Gasteiger partial charge >= 0.3 is 5.69 Å². The van der Waals surface area contributed by atoms with Gasteiger partial charge in [-0.05, 0) is 21.5 Å². The lowest BCUT2D eigenvalue weighted by molar-refractivity contribution is 0.0606. The van der Waals surface area contributed by atoms with Crippen LogP contribution in [0.3, 0.4) is 0 Å². The molecule has 1 heterocycles. The van der Waals surface area contributed by atoms with E-state index >= 15 is 0 Å². The largest absolute Gasteiger partial charge is 0.356 e. The number of halogens is 1. The van der Waals surface area contributed by atoms with Gasteiger partial charge in [-0.1, -0.05) is 30.3 Å². The topological polar surface area (TPSA) is 64.1 Å². The van der Waals surface area contributed by atoms with Crippen molar-refractivity contribution < 1.29 is 4.74 Å². The summed E-state index contributed by atoms with van der Waals surface area (Å²) in [6.07, 6.45) is 1.41. The van der Waals surface area contributed by atoms with Gasteiger partial charge in [0.05, 0.1) is 11.1 Å². The molecule has 0 unspecified atom stereocenters. The van der Waals surface area contributed by atoms with Crippen LogP contribution in [0.1, 0.15) is 5.56 Å². The Morgan fingerprint density at radius 1 is 1.22 bits per heavy atom. The Balaban J connectivity index is 2.01. The molecule has 0 aliphatic carbocycles. The average Bonchev–Trinajstić information content (AvgIpc) is 2.37. The summed E-state index contributed by atoms with van der Waals surface area (Å²) in [6.45, 7) is 0.493. The molecule has 6 heteroatoms. The number of nitrogens with zero attached hydrogens (tertiary/aromatic N) is 1. The summed E-state index contributed by atoms with van der Waals surface area (Å²) in [5, 5.41) is 0. The summed E-state index contributed by atoms with van der Waals surface area (Å²) in [7, 11) is 0. The molecule has 0 spiro atoms. The predicted molar refractivity (Wildman–Crippen MR) is 70.3 cm³/mol. The van der Waals surface area contributed by atoms with Crippen LogP contribution in [0.25, 0.3) is 0 Å². The number of hydrogen-bond acceptors (Lipinski definition) is 3. The summed E-state index contributed by atoms with van der Waals surface area (Å²) >= 11 is 3.06. The van der Waals surface area contributed by atoms with E-state index in [9.17, 15) is 9.59 Å². The molecule has 1 aromatic carbocycles. The molecule has 18 heavy (non-hydrogen) atoms. The molecular formula is C12H11BrN2O3. The van der Waals surface area contributed by atoms with Gasteiger partial charge in [0.1, 0.15) is 6.73 Å². The van der Waals surface area contributed by atoms with Crippen LogP contribution < -0.4 is 11.2 Å². The molecule has 1 aromatic heterocycles. The van der Waals surface area contributed by atoms with Crippen LogP contribution in [0.15, 0.2) is 50.6 Å². The zero-order valence-corrected chi connectivity index (χ0v) is 11.0. The van der Waals surface area contributed by atoms with Gasteiger partial charge in [-0.25, -0.2) is 4.79 Å². The van der Waals surface area contributed by atoms with E-state index in [4.69, 9.17) is 4.74 Å². The molecule has 1 N–H and O–H groups in total. The van der Waals surface area contributed by atoms with Crippen LogP contribution in [0.4, 0.5) is 0 Å². The minimum Gasteiger partial charge on any atom is -0.356 e. The third-order valence-electron chi connectivity index (χ3n) is 2.31. The van der Waals surface area contributed by atoms with Crippen LogP contribution >= 0.6 is 15.9 Å². The summed E-state index contributed by atoms with van der Waals surface area (Å²) < 4.78 is 6.98. The van der Waals surface area contributed by atoms with E-state index in [0.717, 1.165) is 5.56 Å². The monoisotopic (exact) mass is 310 g/mol. The van der Waals surface area contributed by atoms with Gasteiger partial charge in [0.15, 0.2) is 0 Å². The maximum atomic E-state index is 11.4. The number of nitrogens with one attached hydrogen (secondary N) is 1. The van der Waals surface area contributed by atoms with E-state index in [-0.39, 0.29) is 6.73 Å². The standard InChI is InChI=1S/C12H11BrN2O3/c13-10-6-15(12(17)14-11(10)16)8-18-7-9-4-2-1-3-5-9/h1-6H,7-8H2,(H,14,16,17). The van der Waals surface area contributed by atoms with Gasteiger partial charge in [-0.3, -0.25) is 14.3 Å². The maximum Gasteiger partial charge on any atom is 0.330 e. The number of aromatic nitrogens is 2. The second-order valence-corrected chi connectivity index (χ2v) is 4.52. The number of aromatic amines is 1. The second-order valence-electron chi connectivity index (χ2n) is 3.67. The molecule has 0 atom stereocenters. The van der Waals surface area contributed by atoms with E-state index in [1.54, 1.807) is 0 Å². The van der Waals surface area contributed by atoms with Crippen molar-refractivity contribution in [2.24, 2.45) is 0 Å². The molecule has 0 aliphatic rings. The molecule has 0 radical (unpaired) electrons. The summed E-state index contributed by atoms with van der Waals surface area (Å²) in [5.74, 6) is 0. The van der Waals surface area contributed by atoms with Crippen LogP contribution in [0, 0.1) is 0 Å². The number of benzene rings is 1. The quantitative estimate of drug-likeness (QED) is 0.930. The number of H-pyrrole nitrogens is 1. The minimum atomic E-state index is -0.490. The van der Waals surface area contributed by atoms with Crippen LogP contribution in [-0.2, 0) is 18.1 Å². The molecular weight excluding hydrogens is 300 g/mol. The van der Waals surface area contributed by atoms with Gasteiger partial charge in [-0.15, -0.1) is 0 Å². The molecule has 0 aliphatic heterocycles. The van der Waals surface area contributed by atoms with E-state index in [2.05, 4.69) is 20.9 Å². The molecule has 0 fully saturated rings. The molecule has 0 saturated carbocycles. The zero-order valence-electron chi connectivity index (χ0n) is 9.43. The van der Waals surface area contributed by atoms with Gasteiger partial charge in [0, 0.05) is 6.20 Å². The van der Waals surface area contributed by atoms with Crippen LogP contribution in [-0.4, -0.2) is 9.55 Å². The lowest BCUT2D eigenvalue weighted by Crippen LogP contribution is -2.30. The summed E-state index contributed by atoms with van der Waals surface area (Å²) in [6, 6.07) is 9.63. The van der Waals surface area contributed by atoms with Crippen molar-refractivity contribution in [1.29, 1.82) is 0 Å². The maximum absolute atomic E-state index is 11.4. The molecule has 2 rings (SSSR count). The molecule has 5 nitrogen and oxygen atoms in total. The Morgan fingerprint density at radius 3 is 2.67 bits per heavy atom. The smallest absolute Gasteiger partial charge is 0.330 e. The number of rotatable bonds is 4. The van der Waals surface area contributed by atoms with E-state index in [1.807, 2.05) is 30.3 Å². The van der Waals surface area contributed by atoms with Crippen LogP contribution in [0.5, 0.6) is 0 Å². The third kappa shape index (κ3) is 3.18. The highest BCUT2D eigenvalue weighted by molar-refractivity contribution is 9.10. The molecule has 0 bridgehead atoms. The molecule has 0 amide bonds. The fourth-order valence-electron chi connectivity index (χ4n) is 1.41. The Bertz CT molecular complexity index is 634. The van der Waals surface area contributed by atoms with Crippen molar-refractivity contribution in [3.63, 3.8) is 0 Å². The molecule has 0 saturated heterocycles. The van der Waals surface area contributed by atoms with E-state index in [0.29, 0.717) is 11.1 Å². The molecule has 94 valence electrons. The Kier molecular flexibility index (Phi) is 4.11. The van der Waals surface area contributed by atoms with Crippen molar-refractivity contribution in [3.8, 4) is 0 Å². The highest BCUT2D eigenvalue weighted by Crippen LogP contribution is 2.02. The Hall–Kier alpha value is -1.66. The van der Waals surface area contributed by atoms with Crippen molar-refractivity contribution in [2.75, 3.05) is 0 Å². The van der Waals surface area contributed by atoms with Crippen molar-refractivity contribution in [2.45, 2.75) is 13.3 Å². The van der Waals surface area contributed by atoms with Crippen molar-refractivity contribution in [3.05, 3.63) is 67.4 Å². The van der Waals surface area contributed by atoms with E-state index in [1.165, 1.54) is 10.8 Å². The predicted octanol–water partition coefficient (Wildman–Crippen LogP) is 1.47. The zero-order chi connectivity index (χ0) is 13.0. The number of ether oxygens (including phenoxy) is 1.